The number of rotatable bonds is 1. The molecule has 0 saturated heterocycles. The van der Waals surface area contributed by atoms with Crippen LogP contribution in [-0.2, 0) is 0 Å². The first kappa shape index (κ1) is 9.39. The molecule has 5 nitrogen and oxygen atoms in total. The van der Waals surface area contributed by atoms with Crippen LogP contribution < -0.4 is 11.4 Å². The third kappa shape index (κ3) is 1.71. The fourth-order valence-electron chi connectivity index (χ4n) is 1.33. The molecule has 0 saturated carbocycles. The standard InChI is InChI=1S/C10H10N4O/c1-7-3-2-4-8(5-7)9-10(15)14(11)6-12-13-9/h2-6H,11H2,1H3. The molecule has 0 aliphatic carbocycles. The quantitative estimate of drug-likeness (QED) is 0.676. The number of aryl methyl sites for hydroxylation is 1. The number of nitrogens with zero attached hydrogens (tertiary/aromatic N) is 3. The number of hydrogen-bond acceptors (Lipinski definition) is 4. The van der Waals surface area contributed by atoms with Crippen LogP contribution in [-0.4, -0.2) is 14.9 Å². The Morgan fingerprint density at radius 1 is 1.40 bits per heavy atom. The van der Waals surface area contributed by atoms with Gasteiger partial charge < -0.3 is 5.84 Å². The van der Waals surface area contributed by atoms with Crippen molar-refractivity contribution in [3.05, 3.63) is 46.5 Å². The Balaban J connectivity index is 2.65. The van der Waals surface area contributed by atoms with E-state index in [2.05, 4.69) is 10.2 Å². The second-order valence-electron chi connectivity index (χ2n) is 3.26. The van der Waals surface area contributed by atoms with Gasteiger partial charge in [-0.1, -0.05) is 23.8 Å². The van der Waals surface area contributed by atoms with Gasteiger partial charge in [-0.25, -0.2) is 4.68 Å². The Kier molecular flexibility index (Phi) is 2.21. The normalized spacial score (nSPS) is 10.2. The van der Waals surface area contributed by atoms with Crippen molar-refractivity contribution in [1.29, 1.82) is 0 Å². The number of nitrogens with two attached hydrogens (primary N) is 1. The average Bonchev–Trinajstić information content (AvgIpc) is 2.22. The molecule has 0 amide bonds. The summed E-state index contributed by atoms with van der Waals surface area (Å²) in [7, 11) is 0. The zero-order valence-corrected chi connectivity index (χ0v) is 8.21. The summed E-state index contributed by atoms with van der Waals surface area (Å²) in [6, 6.07) is 7.48. The summed E-state index contributed by atoms with van der Waals surface area (Å²) in [4.78, 5) is 11.6. The molecule has 2 aromatic rings. The second-order valence-corrected chi connectivity index (χ2v) is 3.26. The highest BCUT2D eigenvalue weighted by Crippen LogP contribution is 2.12. The number of nitrogen functional groups attached to an aromatic ring is 1. The van der Waals surface area contributed by atoms with Gasteiger partial charge in [0.05, 0.1) is 0 Å². The molecule has 0 fully saturated rings. The van der Waals surface area contributed by atoms with E-state index in [0.717, 1.165) is 15.8 Å². The monoisotopic (exact) mass is 202 g/mol. The van der Waals surface area contributed by atoms with Crippen LogP contribution in [0.5, 0.6) is 0 Å². The van der Waals surface area contributed by atoms with E-state index in [0.29, 0.717) is 0 Å². The minimum atomic E-state index is -0.351. The fourth-order valence-corrected chi connectivity index (χ4v) is 1.33. The number of aromatic nitrogens is 3. The Morgan fingerprint density at radius 3 is 2.93 bits per heavy atom. The third-order valence-corrected chi connectivity index (χ3v) is 2.06. The predicted molar refractivity (Wildman–Crippen MR) is 56.6 cm³/mol. The maximum absolute atomic E-state index is 11.6. The molecule has 0 unspecified atom stereocenters. The van der Waals surface area contributed by atoms with Crippen molar-refractivity contribution in [3.8, 4) is 11.3 Å². The van der Waals surface area contributed by atoms with E-state index in [-0.39, 0.29) is 11.3 Å². The van der Waals surface area contributed by atoms with Crippen molar-refractivity contribution in [2.24, 2.45) is 0 Å². The molecule has 76 valence electrons. The van der Waals surface area contributed by atoms with E-state index in [4.69, 9.17) is 5.84 Å². The second kappa shape index (κ2) is 3.53. The van der Waals surface area contributed by atoms with Gasteiger partial charge >= 0.3 is 0 Å². The Hall–Kier alpha value is -2.17. The molecule has 1 heterocycles. The SMILES string of the molecule is Cc1cccc(-c2nncn(N)c2=O)c1. The van der Waals surface area contributed by atoms with Crippen molar-refractivity contribution >= 4 is 0 Å². The minimum absolute atomic E-state index is 0.267. The zero-order chi connectivity index (χ0) is 10.8. The highest BCUT2D eigenvalue weighted by Gasteiger charge is 2.06. The van der Waals surface area contributed by atoms with Crippen LogP contribution in [0.25, 0.3) is 11.3 Å². The lowest BCUT2D eigenvalue weighted by atomic mass is 10.1. The lowest BCUT2D eigenvalue weighted by molar-refractivity contribution is 0.827. The molecule has 0 bridgehead atoms. The first-order chi connectivity index (χ1) is 7.18. The summed E-state index contributed by atoms with van der Waals surface area (Å²) in [5.41, 5.74) is 1.70. The van der Waals surface area contributed by atoms with Crippen LogP contribution in [0, 0.1) is 6.92 Å². The minimum Gasteiger partial charge on any atom is -0.335 e. The number of benzene rings is 1. The molecular formula is C10H10N4O. The maximum atomic E-state index is 11.6. The van der Waals surface area contributed by atoms with Gasteiger partial charge in [0.1, 0.15) is 6.33 Å². The Morgan fingerprint density at radius 2 is 2.20 bits per heavy atom. The fraction of sp³-hybridized carbons (Fsp3) is 0.100. The summed E-state index contributed by atoms with van der Waals surface area (Å²) < 4.78 is 0.921. The third-order valence-electron chi connectivity index (χ3n) is 2.06. The average molecular weight is 202 g/mol. The highest BCUT2D eigenvalue weighted by molar-refractivity contribution is 5.58. The molecule has 0 spiro atoms. The first-order valence-corrected chi connectivity index (χ1v) is 4.45. The van der Waals surface area contributed by atoms with Gasteiger partial charge in [0.15, 0.2) is 5.69 Å². The lowest BCUT2D eigenvalue weighted by Gasteiger charge is -2.01. The van der Waals surface area contributed by atoms with Gasteiger partial charge in [0.25, 0.3) is 5.56 Å². The molecule has 5 heteroatoms. The summed E-state index contributed by atoms with van der Waals surface area (Å²) in [5.74, 6) is 5.40. The van der Waals surface area contributed by atoms with Crippen molar-refractivity contribution < 1.29 is 0 Å². The van der Waals surface area contributed by atoms with Gasteiger partial charge in [0, 0.05) is 5.56 Å². The van der Waals surface area contributed by atoms with E-state index in [9.17, 15) is 4.79 Å². The molecule has 0 atom stereocenters. The summed E-state index contributed by atoms with van der Waals surface area (Å²) in [5, 5.41) is 7.43. The largest absolute Gasteiger partial charge is 0.335 e. The molecule has 15 heavy (non-hydrogen) atoms. The molecule has 2 rings (SSSR count). The van der Waals surface area contributed by atoms with Gasteiger partial charge in [-0.3, -0.25) is 4.79 Å². The smallest absolute Gasteiger partial charge is 0.298 e. The number of hydrogen-bond donors (Lipinski definition) is 1. The Bertz CT molecular complexity index is 547. The van der Waals surface area contributed by atoms with Gasteiger partial charge in [0.2, 0.25) is 0 Å². The summed E-state index contributed by atoms with van der Waals surface area (Å²) in [6.45, 7) is 1.95. The predicted octanol–water partition coefficient (Wildman–Crippen LogP) is 0.328. The van der Waals surface area contributed by atoms with Crippen LogP contribution in [0.3, 0.4) is 0 Å². The van der Waals surface area contributed by atoms with Crippen LogP contribution in [0.15, 0.2) is 35.4 Å². The summed E-state index contributed by atoms with van der Waals surface area (Å²) >= 11 is 0. The van der Waals surface area contributed by atoms with E-state index < -0.39 is 0 Å². The molecule has 1 aromatic heterocycles. The van der Waals surface area contributed by atoms with Crippen molar-refractivity contribution in [3.63, 3.8) is 0 Å². The highest BCUT2D eigenvalue weighted by atomic mass is 16.1. The topological polar surface area (TPSA) is 73.8 Å². The Labute approximate surface area is 86.2 Å². The molecule has 2 N–H and O–H groups in total. The molecule has 0 aliphatic rings. The van der Waals surface area contributed by atoms with E-state index in [1.165, 1.54) is 6.33 Å². The van der Waals surface area contributed by atoms with Crippen LogP contribution in [0.1, 0.15) is 5.56 Å². The lowest BCUT2D eigenvalue weighted by Crippen LogP contribution is -2.29. The van der Waals surface area contributed by atoms with E-state index >= 15 is 0 Å². The van der Waals surface area contributed by atoms with Crippen molar-refractivity contribution in [2.75, 3.05) is 5.84 Å². The summed E-state index contributed by atoms with van der Waals surface area (Å²) in [6.07, 6.45) is 1.18. The van der Waals surface area contributed by atoms with Crippen molar-refractivity contribution in [2.45, 2.75) is 6.92 Å². The van der Waals surface area contributed by atoms with Crippen molar-refractivity contribution in [1.82, 2.24) is 14.9 Å². The molecular weight excluding hydrogens is 192 g/mol. The van der Waals surface area contributed by atoms with E-state index in [1.807, 2.05) is 25.1 Å². The van der Waals surface area contributed by atoms with Gasteiger partial charge in [-0.2, -0.15) is 0 Å². The van der Waals surface area contributed by atoms with Gasteiger partial charge in [-0.05, 0) is 13.0 Å². The molecule has 0 aliphatic heterocycles. The molecule has 1 aromatic carbocycles. The van der Waals surface area contributed by atoms with Crippen LogP contribution in [0.4, 0.5) is 0 Å². The first-order valence-electron chi connectivity index (χ1n) is 4.45. The molecule has 0 radical (unpaired) electrons. The van der Waals surface area contributed by atoms with Crippen LogP contribution in [0.2, 0.25) is 0 Å². The zero-order valence-electron chi connectivity index (χ0n) is 8.21. The van der Waals surface area contributed by atoms with Crippen LogP contribution >= 0.6 is 0 Å². The van der Waals surface area contributed by atoms with E-state index in [1.54, 1.807) is 6.07 Å². The maximum Gasteiger partial charge on any atom is 0.298 e. The van der Waals surface area contributed by atoms with Gasteiger partial charge in [-0.15, -0.1) is 10.2 Å².